The highest BCUT2D eigenvalue weighted by Crippen LogP contribution is 2.50. The van der Waals surface area contributed by atoms with E-state index in [1.54, 1.807) is 0 Å². The highest BCUT2D eigenvalue weighted by Gasteiger charge is 2.59. The van der Waals surface area contributed by atoms with E-state index in [-0.39, 0.29) is 29.9 Å². The molecule has 0 bridgehead atoms. The summed E-state index contributed by atoms with van der Waals surface area (Å²) in [5.41, 5.74) is -0.280. The molecule has 1 aromatic carbocycles. The van der Waals surface area contributed by atoms with Gasteiger partial charge in [0.15, 0.2) is 0 Å². The Morgan fingerprint density at radius 1 is 1.41 bits per heavy atom. The van der Waals surface area contributed by atoms with Crippen LogP contribution in [0.1, 0.15) is 45.6 Å². The molecule has 122 valence electrons. The minimum absolute atomic E-state index is 0.0472. The van der Waals surface area contributed by atoms with Crippen molar-refractivity contribution < 1.29 is 14.6 Å². The fraction of sp³-hybridized carbons (Fsp3) is 0.611. The average Bonchev–Trinajstić information content (AvgIpc) is 2.52. The van der Waals surface area contributed by atoms with E-state index in [0.717, 1.165) is 5.56 Å². The third-order valence-electron chi connectivity index (χ3n) is 5.14. The molecule has 1 amide bonds. The fourth-order valence-electron chi connectivity index (χ4n) is 3.04. The number of carbonyl (C=O) groups excluding carboxylic acids is 1. The molecule has 0 aromatic heterocycles. The van der Waals surface area contributed by atoms with Gasteiger partial charge in [0.2, 0.25) is 5.91 Å². The van der Waals surface area contributed by atoms with Crippen LogP contribution in [0, 0.1) is 5.41 Å². The molecule has 22 heavy (non-hydrogen) atoms. The zero-order valence-electron chi connectivity index (χ0n) is 13.9. The maximum Gasteiger partial charge on any atom is 0.227 e. The summed E-state index contributed by atoms with van der Waals surface area (Å²) in [5, 5.41) is 13.6. The summed E-state index contributed by atoms with van der Waals surface area (Å²) in [6.45, 7) is 8.72. The molecule has 0 spiro atoms. The highest BCUT2D eigenvalue weighted by molar-refractivity contribution is 5.83. The number of benzene rings is 1. The number of nitrogens with one attached hydrogen (secondary N) is 1. The summed E-state index contributed by atoms with van der Waals surface area (Å²) in [7, 11) is 0. The summed E-state index contributed by atoms with van der Waals surface area (Å²) < 4.78 is 5.64. The third-order valence-corrected chi connectivity index (χ3v) is 5.14. The Hall–Kier alpha value is -1.39. The number of hydrogen-bond donors (Lipinski definition) is 2. The number of carbonyl (C=O) groups is 1. The van der Waals surface area contributed by atoms with Gasteiger partial charge in [-0.25, -0.2) is 0 Å². The maximum atomic E-state index is 12.3. The molecule has 0 heterocycles. The normalized spacial score (nSPS) is 27.8. The molecule has 2 N–H and O–H groups in total. The Balaban J connectivity index is 1.92. The van der Waals surface area contributed by atoms with E-state index in [2.05, 4.69) is 5.32 Å². The van der Waals surface area contributed by atoms with Gasteiger partial charge in [-0.1, -0.05) is 44.2 Å². The Labute approximate surface area is 132 Å². The van der Waals surface area contributed by atoms with Crippen LogP contribution in [0.4, 0.5) is 0 Å². The van der Waals surface area contributed by atoms with Crippen molar-refractivity contribution >= 4 is 5.91 Å². The number of aliphatic hydroxyl groups is 1. The molecule has 2 unspecified atom stereocenters. The maximum absolute atomic E-state index is 12.3. The van der Waals surface area contributed by atoms with Crippen molar-refractivity contribution in [3.05, 3.63) is 35.9 Å². The molecule has 1 aliphatic carbocycles. The number of rotatable bonds is 6. The lowest BCUT2D eigenvalue weighted by atomic mass is 9.56. The van der Waals surface area contributed by atoms with Gasteiger partial charge in [0.05, 0.1) is 17.6 Å². The van der Waals surface area contributed by atoms with Crippen molar-refractivity contribution in [3.8, 4) is 0 Å². The summed E-state index contributed by atoms with van der Waals surface area (Å²) >= 11 is 0. The molecule has 4 heteroatoms. The van der Waals surface area contributed by atoms with Crippen molar-refractivity contribution in [1.82, 2.24) is 5.32 Å². The molecule has 3 atom stereocenters. The van der Waals surface area contributed by atoms with Crippen LogP contribution in [0.2, 0.25) is 0 Å². The third kappa shape index (κ3) is 3.03. The van der Waals surface area contributed by atoms with Crippen LogP contribution in [0.25, 0.3) is 0 Å². The zero-order chi connectivity index (χ0) is 16.4. The van der Waals surface area contributed by atoms with E-state index in [0.29, 0.717) is 13.0 Å². The van der Waals surface area contributed by atoms with Crippen LogP contribution < -0.4 is 5.32 Å². The van der Waals surface area contributed by atoms with Gasteiger partial charge in [0.25, 0.3) is 0 Å². The first-order valence-electron chi connectivity index (χ1n) is 7.98. The average molecular weight is 305 g/mol. The number of hydrogen-bond acceptors (Lipinski definition) is 3. The van der Waals surface area contributed by atoms with Gasteiger partial charge >= 0.3 is 0 Å². The van der Waals surface area contributed by atoms with Gasteiger partial charge in [-0.05, 0) is 19.4 Å². The largest absolute Gasteiger partial charge is 0.387 e. The summed E-state index contributed by atoms with van der Waals surface area (Å²) in [6.07, 6.45) is 0.611. The first kappa shape index (κ1) is 17.0. The van der Waals surface area contributed by atoms with Crippen molar-refractivity contribution in [2.24, 2.45) is 5.41 Å². The van der Waals surface area contributed by atoms with E-state index in [1.165, 1.54) is 0 Å². The van der Waals surface area contributed by atoms with E-state index in [1.807, 2.05) is 58.0 Å². The zero-order valence-corrected chi connectivity index (χ0v) is 13.9. The Morgan fingerprint density at radius 2 is 2.05 bits per heavy atom. The molecule has 2 rings (SSSR count). The Morgan fingerprint density at radius 3 is 2.59 bits per heavy atom. The van der Waals surface area contributed by atoms with Gasteiger partial charge in [-0.15, -0.1) is 0 Å². The molecule has 1 fully saturated rings. The van der Waals surface area contributed by atoms with Crippen LogP contribution in [0.5, 0.6) is 0 Å². The minimum atomic E-state index is -0.904. The van der Waals surface area contributed by atoms with Crippen LogP contribution >= 0.6 is 0 Å². The lowest BCUT2D eigenvalue weighted by Crippen LogP contribution is -2.68. The molecule has 1 aromatic rings. The Kier molecular flexibility index (Phi) is 4.93. The Bertz CT molecular complexity index is 514. The molecule has 1 saturated carbocycles. The quantitative estimate of drug-likeness (QED) is 0.849. The lowest BCUT2D eigenvalue weighted by molar-refractivity contribution is -0.238. The van der Waals surface area contributed by atoms with Crippen molar-refractivity contribution in [2.75, 3.05) is 13.2 Å². The van der Waals surface area contributed by atoms with E-state index in [4.69, 9.17) is 4.74 Å². The summed E-state index contributed by atoms with van der Waals surface area (Å²) in [6, 6.07) is 9.67. The molecule has 4 nitrogen and oxygen atoms in total. The van der Waals surface area contributed by atoms with Crippen LogP contribution in [-0.2, 0) is 9.53 Å². The van der Waals surface area contributed by atoms with Crippen molar-refractivity contribution in [2.45, 2.75) is 51.7 Å². The van der Waals surface area contributed by atoms with Crippen LogP contribution in [-0.4, -0.2) is 35.9 Å². The summed E-state index contributed by atoms with van der Waals surface area (Å²) in [4.78, 5) is 12.3. The molecular weight excluding hydrogens is 278 g/mol. The lowest BCUT2D eigenvalue weighted by Gasteiger charge is -2.58. The van der Waals surface area contributed by atoms with E-state index in [9.17, 15) is 9.90 Å². The predicted molar refractivity (Wildman–Crippen MR) is 86.6 cm³/mol. The topological polar surface area (TPSA) is 58.6 Å². The molecule has 0 radical (unpaired) electrons. The van der Waals surface area contributed by atoms with Gasteiger partial charge in [-0.2, -0.15) is 0 Å². The van der Waals surface area contributed by atoms with E-state index < -0.39 is 5.60 Å². The first-order valence-corrected chi connectivity index (χ1v) is 7.98. The summed E-state index contributed by atoms with van der Waals surface area (Å²) in [5.74, 6) is -0.286. The second kappa shape index (κ2) is 6.39. The molecule has 1 aliphatic rings. The monoisotopic (exact) mass is 305 g/mol. The highest BCUT2D eigenvalue weighted by atomic mass is 16.5. The van der Waals surface area contributed by atoms with Gasteiger partial charge in [-0.3, -0.25) is 4.79 Å². The number of ether oxygens (including phenoxy) is 1. The van der Waals surface area contributed by atoms with Crippen molar-refractivity contribution in [1.29, 1.82) is 0 Å². The van der Waals surface area contributed by atoms with Gasteiger partial charge < -0.3 is 15.2 Å². The molecule has 0 saturated heterocycles. The second-order valence-corrected chi connectivity index (χ2v) is 6.75. The van der Waals surface area contributed by atoms with Gasteiger partial charge in [0.1, 0.15) is 0 Å². The number of amides is 1. The predicted octanol–water partition coefficient (Wildman–Crippen LogP) is 2.47. The van der Waals surface area contributed by atoms with E-state index >= 15 is 0 Å². The molecule has 0 aliphatic heterocycles. The smallest absolute Gasteiger partial charge is 0.227 e. The SMILES string of the molecule is CCOC1CC(O)(CNC(=O)[C@H](C)c2ccccc2)C1(C)C. The fourth-order valence-corrected chi connectivity index (χ4v) is 3.04. The van der Waals surface area contributed by atoms with Gasteiger partial charge in [0, 0.05) is 25.0 Å². The van der Waals surface area contributed by atoms with Crippen LogP contribution in [0.15, 0.2) is 30.3 Å². The van der Waals surface area contributed by atoms with Crippen molar-refractivity contribution in [3.63, 3.8) is 0 Å². The molecular formula is C18H27NO3. The minimum Gasteiger partial charge on any atom is -0.387 e. The van der Waals surface area contributed by atoms with Crippen LogP contribution in [0.3, 0.4) is 0 Å². The second-order valence-electron chi connectivity index (χ2n) is 6.75. The first-order chi connectivity index (χ1) is 10.3. The standard InChI is InChI=1S/C18H27NO3/c1-5-22-15-11-18(21,17(15,3)4)12-19-16(20)13(2)14-9-7-6-8-10-14/h6-10,13,15,21H,5,11-12H2,1-4H3,(H,19,20)/t13-,15?,18?/m1/s1.